The van der Waals surface area contributed by atoms with Crippen molar-refractivity contribution in [3.05, 3.63) is 18.2 Å². The average Bonchev–Trinajstić information content (AvgIpc) is 2.94. The summed E-state index contributed by atoms with van der Waals surface area (Å²) >= 11 is 0. The Labute approximate surface area is 85.5 Å². The van der Waals surface area contributed by atoms with E-state index in [0.29, 0.717) is 0 Å². The second-order valence-corrected chi connectivity index (χ2v) is 4.02. The highest BCUT2D eigenvalue weighted by atomic mass is 15.1. The summed E-state index contributed by atoms with van der Waals surface area (Å²) in [6.45, 7) is 4.39. The summed E-state index contributed by atoms with van der Waals surface area (Å²) in [5, 5.41) is 3.42. The van der Waals surface area contributed by atoms with E-state index in [-0.39, 0.29) is 0 Å². The Morgan fingerprint density at radius 1 is 1.50 bits per heavy atom. The molecule has 0 unspecified atom stereocenters. The molecule has 1 aromatic heterocycles. The monoisotopic (exact) mass is 193 g/mol. The minimum absolute atomic E-state index is 0.763. The van der Waals surface area contributed by atoms with Gasteiger partial charge in [0.25, 0.3) is 0 Å². The van der Waals surface area contributed by atoms with Gasteiger partial charge in [0, 0.05) is 30.9 Å². The van der Waals surface area contributed by atoms with Crippen molar-refractivity contribution >= 4 is 0 Å². The van der Waals surface area contributed by atoms with Gasteiger partial charge in [-0.3, -0.25) is 0 Å². The van der Waals surface area contributed by atoms with Gasteiger partial charge in [-0.2, -0.15) is 0 Å². The van der Waals surface area contributed by atoms with Crippen LogP contribution in [0.5, 0.6) is 0 Å². The van der Waals surface area contributed by atoms with E-state index in [1.54, 1.807) is 0 Å². The molecule has 1 aromatic rings. The molecule has 0 aromatic carbocycles. The van der Waals surface area contributed by atoms with Gasteiger partial charge in [-0.1, -0.05) is 6.92 Å². The fraction of sp³-hybridized carbons (Fsp3) is 0.727. The first kappa shape index (κ1) is 9.71. The number of imidazole rings is 1. The highest BCUT2D eigenvalue weighted by molar-refractivity contribution is 5.03. The molecule has 1 fully saturated rings. The normalized spacial score (nSPS) is 16.1. The summed E-state index contributed by atoms with van der Waals surface area (Å²) in [4.78, 5) is 4.22. The van der Waals surface area contributed by atoms with E-state index in [0.717, 1.165) is 25.6 Å². The Morgan fingerprint density at radius 2 is 2.36 bits per heavy atom. The first-order chi connectivity index (χ1) is 6.92. The van der Waals surface area contributed by atoms with Crippen molar-refractivity contribution in [1.82, 2.24) is 14.9 Å². The van der Waals surface area contributed by atoms with Crippen molar-refractivity contribution in [3.8, 4) is 0 Å². The van der Waals surface area contributed by atoms with Crippen LogP contribution >= 0.6 is 0 Å². The molecule has 1 aliphatic carbocycles. The summed E-state index contributed by atoms with van der Waals surface area (Å²) in [6.07, 6.45) is 8.98. The highest BCUT2D eigenvalue weighted by Gasteiger charge is 2.24. The van der Waals surface area contributed by atoms with Gasteiger partial charge in [-0.15, -0.1) is 0 Å². The van der Waals surface area contributed by atoms with Crippen LogP contribution in [0, 0.1) is 0 Å². The van der Waals surface area contributed by atoms with Crippen LogP contribution in [0.4, 0.5) is 0 Å². The molecule has 1 heterocycles. The minimum atomic E-state index is 0.763. The van der Waals surface area contributed by atoms with Gasteiger partial charge in [0.2, 0.25) is 0 Å². The van der Waals surface area contributed by atoms with Crippen LogP contribution < -0.4 is 5.32 Å². The van der Waals surface area contributed by atoms with E-state index in [4.69, 9.17) is 0 Å². The van der Waals surface area contributed by atoms with Crippen LogP contribution in [-0.4, -0.2) is 22.6 Å². The molecule has 0 amide bonds. The molecule has 1 saturated carbocycles. The van der Waals surface area contributed by atoms with Gasteiger partial charge in [0.05, 0.1) is 6.33 Å². The second kappa shape index (κ2) is 4.60. The van der Waals surface area contributed by atoms with Crippen LogP contribution in [0.15, 0.2) is 12.5 Å². The Morgan fingerprint density at radius 3 is 3.07 bits per heavy atom. The maximum absolute atomic E-state index is 4.22. The van der Waals surface area contributed by atoms with Gasteiger partial charge in [0.15, 0.2) is 0 Å². The molecule has 3 heteroatoms. The third-order valence-electron chi connectivity index (χ3n) is 2.67. The summed E-state index contributed by atoms with van der Waals surface area (Å²) in [5.41, 5.74) is 1.39. The van der Waals surface area contributed by atoms with E-state index in [2.05, 4.69) is 21.8 Å². The number of rotatable bonds is 6. The highest BCUT2D eigenvalue weighted by Crippen LogP contribution is 2.35. The minimum Gasteiger partial charge on any atom is -0.332 e. The summed E-state index contributed by atoms with van der Waals surface area (Å²) in [7, 11) is 0. The second-order valence-electron chi connectivity index (χ2n) is 4.02. The van der Waals surface area contributed by atoms with Gasteiger partial charge in [-0.25, -0.2) is 4.98 Å². The summed E-state index contributed by atoms with van der Waals surface area (Å²) in [5.74, 6) is 0. The Bertz CT molecular complexity index is 276. The quantitative estimate of drug-likeness (QED) is 0.698. The SMILES string of the molecule is CCCNCCc1cncn1C1CC1. The van der Waals surface area contributed by atoms with E-state index in [1.807, 2.05) is 12.5 Å². The fourth-order valence-corrected chi connectivity index (χ4v) is 1.73. The van der Waals surface area contributed by atoms with Crippen molar-refractivity contribution in [1.29, 1.82) is 0 Å². The van der Waals surface area contributed by atoms with Gasteiger partial charge in [0.1, 0.15) is 0 Å². The molecule has 14 heavy (non-hydrogen) atoms. The van der Waals surface area contributed by atoms with Crippen LogP contribution in [0.2, 0.25) is 0 Å². The predicted octanol–water partition coefficient (Wildman–Crippen LogP) is 1.76. The Balaban J connectivity index is 1.80. The topological polar surface area (TPSA) is 29.9 Å². The maximum Gasteiger partial charge on any atom is 0.0950 e. The van der Waals surface area contributed by atoms with Crippen LogP contribution in [0.25, 0.3) is 0 Å². The molecule has 0 radical (unpaired) electrons. The lowest BCUT2D eigenvalue weighted by Crippen LogP contribution is -2.18. The molecular weight excluding hydrogens is 174 g/mol. The van der Waals surface area contributed by atoms with E-state index in [1.165, 1.54) is 25.0 Å². The lowest BCUT2D eigenvalue weighted by Gasteiger charge is -2.06. The maximum atomic E-state index is 4.22. The molecule has 0 atom stereocenters. The molecule has 0 saturated heterocycles. The largest absolute Gasteiger partial charge is 0.332 e. The zero-order valence-corrected chi connectivity index (χ0v) is 8.87. The molecule has 0 spiro atoms. The van der Waals surface area contributed by atoms with Crippen molar-refractivity contribution in [2.75, 3.05) is 13.1 Å². The van der Waals surface area contributed by atoms with Gasteiger partial charge >= 0.3 is 0 Å². The van der Waals surface area contributed by atoms with Crippen LogP contribution in [-0.2, 0) is 6.42 Å². The Kier molecular flexibility index (Phi) is 3.19. The molecular formula is C11H19N3. The lowest BCUT2D eigenvalue weighted by molar-refractivity contribution is 0.632. The molecule has 78 valence electrons. The smallest absolute Gasteiger partial charge is 0.0950 e. The van der Waals surface area contributed by atoms with Crippen molar-refractivity contribution in [3.63, 3.8) is 0 Å². The number of nitrogens with zero attached hydrogens (tertiary/aromatic N) is 2. The number of aromatic nitrogens is 2. The standard InChI is InChI=1S/C11H19N3/c1-2-6-12-7-5-11-8-13-9-14(11)10-3-4-10/h8-10,12H,2-7H2,1H3. The van der Waals surface area contributed by atoms with E-state index >= 15 is 0 Å². The zero-order valence-electron chi connectivity index (χ0n) is 8.87. The number of hydrogen-bond acceptors (Lipinski definition) is 2. The molecule has 1 aliphatic rings. The number of nitrogens with one attached hydrogen (secondary N) is 1. The van der Waals surface area contributed by atoms with Crippen LogP contribution in [0.3, 0.4) is 0 Å². The van der Waals surface area contributed by atoms with Crippen molar-refractivity contribution in [2.24, 2.45) is 0 Å². The van der Waals surface area contributed by atoms with E-state index < -0.39 is 0 Å². The van der Waals surface area contributed by atoms with Gasteiger partial charge in [-0.05, 0) is 25.8 Å². The predicted molar refractivity (Wildman–Crippen MR) is 57.4 cm³/mol. The van der Waals surface area contributed by atoms with Crippen molar-refractivity contribution < 1.29 is 0 Å². The first-order valence-electron chi connectivity index (χ1n) is 5.63. The van der Waals surface area contributed by atoms with Crippen LogP contribution in [0.1, 0.15) is 37.9 Å². The summed E-state index contributed by atoms with van der Waals surface area (Å²) in [6, 6.07) is 0.763. The lowest BCUT2D eigenvalue weighted by atomic mass is 10.3. The fourth-order valence-electron chi connectivity index (χ4n) is 1.73. The molecule has 2 rings (SSSR count). The average molecular weight is 193 g/mol. The van der Waals surface area contributed by atoms with E-state index in [9.17, 15) is 0 Å². The molecule has 1 N–H and O–H groups in total. The molecule has 0 aliphatic heterocycles. The third kappa shape index (κ3) is 2.35. The first-order valence-corrected chi connectivity index (χ1v) is 5.63. The number of hydrogen-bond donors (Lipinski definition) is 1. The van der Waals surface area contributed by atoms with Crippen molar-refractivity contribution in [2.45, 2.75) is 38.6 Å². The third-order valence-corrected chi connectivity index (χ3v) is 2.67. The molecule has 0 bridgehead atoms. The molecule has 3 nitrogen and oxygen atoms in total. The van der Waals surface area contributed by atoms with Gasteiger partial charge < -0.3 is 9.88 Å². The Hall–Kier alpha value is -0.830. The zero-order chi connectivity index (χ0) is 9.80. The summed E-state index contributed by atoms with van der Waals surface area (Å²) < 4.78 is 2.34.